The Balaban J connectivity index is 1.84. The van der Waals surface area contributed by atoms with Crippen LogP contribution in [0.1, 0.15) is 37.0 Å². The van der Waals surface area contributed by atoms with Crippen LogP contribution in [0.4, 0.5) is 0 Å². The zero-order valence-electron chi connectivity index (χ0n) is 15.2. The normalized spacial score (nSPS) is 12.2. The molecule has 0 bridgehead atoms. The number of aryl methyl sites for hydroxylation is 1. The molecule has 0 heterocycles. The van der Waals surface area contributed by atoms with Gasteiger partial charge in [-0.05, 0) is 30.4 Å². The zero-order valence-corrected chi connectivity index (χ0v) is 16.0. The monoisotopic (exact) mass is 357 g/mol. The number of esters is 1. The van der Waals surface area contributed by atoms with E-state index < -0.39 is 0 Å². The van der Waals surface area contributed by atoms with E-state index in [1.165, 1.54) is 11.1 Å². The van der Waals surface area contributed by atoms with Crippen LogP contribution in [-0.4, -0.2) is 12.0 Å². The van der Waals surface area contributed by atoms with Crippen molar-refractivity contribution in [2.75, 3.05) is 0 Å². The first-order chi connectivity index (χ1) is 12.0. The number of benzene rings is 2. The van der Waals surface area contributed by atoms with Crippen molar-refractivity contribution in [1.29, 1.82) is 0 Å². The second kappa shape index (κ2) is 10.3. The average Bonchev–Trinajstić information content (AvgIpc) is 2.61. The van der Waals surface area contributed by atoms with Crippen LogP contribution in [0.3, 0.4) is 0 Å². The van der Waals surface area contributed by atoms with Crippen molar-refractivity contribution in [3.63, 3.8) is 0 Å². The van der Waals surface area contributed by atoms with Crippen LogP contribution in [0.15, 0.2) is 54.6 Å². The predicted octanol–water partition coefficient (Wildman–Crippen LogP) is 4.89. The molecule has 0 aliphatic rings. The molecule has 2 rings (SSSR count). The third kappa shape index (κ3) is 7.32. The molecule has 1 atom stereocenters. The Hall–Kier alpha value is -1.78. The zero-order chi connectivity index (χ0) is 18.1. The summed E-state index contributed by atoms with van der Waals surface area (Å²) >= 11 is 1.56. The fourth-order valence-corrected chi connectivity index (χ4v) is 3.24. The molecule has 25 heavy (non-hydrogen) atoms. The summed E-state index contributed by atoms with van der Waals surface area (Å²) in [6.45, 7) is 6.59. The Bertz CT molecular complexity index is 641. The largest absolute Gasteiger partial charge is 0.460 e. The molecule has 0 spiro atoms. The van der Waals surface area contributed by atoms with Crippen LogP contribution in [0.25, 0.3) is 0 Å². The molecule has 0 saturated heterocycles. The van der Waals surface area contributed by atoms with Crippen molar-refractivity contribution in [1.82, 2.24) is 4.72 Å². The highest BCUT2D eigenvalue weighted by Crippen LogP contribution is 2.14. The molecule has 4 heteroatoms. The van der Waals surface area contributed by atoms with Gasteiger partial charge in [0.05, 0.1) is 0 Å². The van der Waals surface area contributed by atoms with Gasteiger partial charge >= 0.3 is 5.97 Å². The van der Waals surface area contributed by atoms with Gasteiger partial charge in [0.1, 0.15) is 12.6 Å². The van der Waals surface area contributed by atoms with Gasteiger partial charge in [0.25, 0.3) is 0 Å². The van der Waals surface area contributed by atoms with E-state index in [1.54, 1.807) is 11.9 Å². The van der Waals surface area contributed by atoms with Gasteiger partial charge in [-0.3, -0.25) is 4.79 Å². The highest BCUT2D eigenvalue weighted by Gasteiger charge is 2.21. The molecule has 0 aliphatic heterocycles. The number of hydrogen-bond acceptors (Lipinski definition) is 4. The van der Waals surface area contributed by atoms with E-state index >= 15 is 0 Å². The van der Waals surface area contributed by atoms with Crippen LogP contribution >= 0.6 is 11.9 Å². The number of ether oxygens (including phenoxy) is 1. The van der Waals surface area contributed by atoms with Crippen molar-refractivity contribution in [2.24, 2.45) is 5.92 Å². The number of carbonyl (C=O) groups is 1. The molecular weight excluding hydrogens is 330 g/mol. The Labute approximate surface area is 155 Å². The van der Waals surface area contributed by atoms with Crippen molar-refractivity contribution in [3.8, 4) is 0 Å². The van der Waals surface area contributed by atoms with E-state index in [0.717, 1.165) is 17.7 Å². The quantitative estimate of drug-likeness (QED) is 0.512. The molecule has 0 amide bonds. The number of carbonyl (C=O) groups excluding carboxylic acids is 1. The molecular formula is C21H27NO2S. The Morgan fingerprint density at radius 3 is 2.36 bits per heavy atom. The topological polar surface area (TPSA) is 38.3 Å². The third-order valence-electron chi connectivity index (χ3n) is 3.80. The van der Waals surface area contributed by atoms with Gasteiger partial charge in [-0.25, -0.2) is 4.72 Å². The maximum atomic E-state index is 12.5. The number of hydrogen-bond donors (Lipinski definition) is 1. The van der Waals surface area contributed by atoms with Gasteiger partial charge in [0.2, 0.25) is 0 Å². The molecule has 3 nitrogen and oxygen atoms in total. The molecule has 0 radical (unpaired) electrons. The highest BCUT2D eigenvalue weighted by molar-refractivity contribution is 7.96. The molecule has 0 fully saturated rings. The first-order valence-electron chi connectivity index (χ1n) is 8.68. The number of nitrogens with one attached hydrogen (secondary N) is 1. The molecule has 1 N–H and O–H groups in total. The first kappa shape index (κ1) is 19.5. The van der Waals surface area contributed by atoms with E-state index in [2.05, 4.69) is 30.7 Å². The van der Waals surface area contributed by atoms with Crippen molar-refractivity contribution in [3.05, 3.63) is 71.3 Å². The fraction of sp³-hybridized carbons (Fsp3) is 0.381. The Morgan fingerprint density at radius 1 is 1.04 bits per heavy atom. The molecule has 0 aliphatic carbocycles. The van der Waals surface area contributed by atoms with Gasteiger partial charge in [-0.2, -0.15) is 0 Å². The Kier molecular flexibility index (Phi) is 8.02. The van der Waals surface area contributed by atoms with Gasteiger partial charge in [0.15, 0.2) is 0 Å². The summed E-state index contributed by atoms with van der Waals surface area (Å²) < 4.78 is 8.81. The maximum absolute atomic E-state index is 12.5. The van der Waals surface area contributed by atoms with Gasteiger partial charge in [0, 0.05) is 5.75 Å². The minimum atomic E-state index is -0.292. The van der Waals surface area contributed by atoms with Crippen molar-refractivity contribution >= 4 is 17.9 Å². The summed E-state index contributed by atoms with van der Waals surface area (Å²) in [5, 5.41) is 0. The predicted molar refractivity (Wildman–Crippen MR) is 105 cm³/mol. The van der Waals surface area contributed by atoms with Crippen molar-refractivity contribution < 1.29 is 9.53 Å². The highest BCUT2D eigenvalue weighted by atomic mass is 32.2. The lowest BCUT2D eigenvalue weighted by molar-refractivity contribution is -0.147. The fourth-order valence-electron chi connectivity index (χ4n) is 2.40. The van der Waals surface area contributed by atoms with E-state index in [-0.39, 0.29) is 12.0 Å². The van der Waals surface area contributed by atoms with Gasteiger partial charge in [-0.15, -0.1) is 0 Å². The second-order valence-corrected chi connectivity index (χ2v) is 7.48. The van der Waals surface area contributed by atoms with Crippen LogP contribution in [0, 0.1) is 12.8 Å². The van der Waals surface area contributed by atoms with Gasteiger partial charge in [-0.1, -0.05) is 86.0 Å². The smallest absolute Gasteiger partial charge is 0.324 e. The second-order valence-electron chi connectivity index (χ2n) is 6.67. The average molecular weight is 358 g/mol. The Morgan fingerprint density at radius 2 is 1.72 bits per heavy atom. The summed E-state index contributed by atoms with van der Waals surface area (Å²) in [7, 11) is 0. The van der Waals surface area contributed by atoms with Crippen LogP contribution < -0.4 is 4.72 Å². The molecule has 0 unspecified atom stereocenters. The summed E-state index contributed by atoms with van der Waals surface area (Å²) in [5.41, 5.74) is 3.45. The summed E-state index contributed by atoms with van der Waals surface area (Å²) in [6.07, 6.45) is 0.758. The lowest BCUT2D eigenvalue weighted by atomic mass is 10.0. The standard InChI is InChI=1S/C21H27NO2S/c1-16(2)13-20(22-25-15-19-7-5-4-6-8-19)21(23)24-14-18-11-9-17(3)10-12-18/h4-12,16,20,22H,13-15H2,1-3H3/t20-/m0/s1. The van der Waals surface area contributed by atoms with Crippen LogP contribution in [-0.2, 0) is 21.9 Å². The molecule has 0 saturated carbocycles. The first-order valence-corrected chi connectivity index (χ1v) is 9.66. The van der Waals surface area contributed by atoms with Crippen LogP contribution in [0.5, 0.6) is 0 Å². The van der Waals surface area contributed by atoms with Crippen molar-refractivity contribution in [2.45, 2.75) is 45.6 Å². The molecule has 2 aromatic rings. The maximum Gasteiger partial charge on any atom is 0.324 e. The summed E-state index contributed by atoms with van der Waals surface area (Å²) in [5.74, 6) is 1.05. The summed E-state index contributed by atoms with van der Waals surface area (Å²) in [4.78, 5) is 12.5. The number of rotatable bonds is 9. The summed E-state index contributed by atoms with van der Waals surface area (Å²) in [6, 6.07) is 18.0. The van der Waals surface area contributed by atoms with Gasteiger partial charge < -0.3 is 4.74 Å². The molecule has 0 aromatic heterocycles. The van der Waals surface area contributed by atoms with E-state index in [0.29, 0.717) is 12.5 Å². The van der Waals surface area contributed by atoms with E-state index in [1.807, 2.05) is 49.4 Å². The van der Waals surface area contributed by atoms with E-state index in [4.69, 9.17) is 4.74 Å². The lowest BCUT2D eigenvalue weighted by Gasteiger charge is -2.19. The van der Waals surface area contributed by atoms with Crippen LogP contribution in [0.2, 0.25) is 0 Å². The minimum absolute atomic E-state index is 0.185. The minimum Gasteiger partial charge on any atom is -0.460 e. The third-order valence-corrected chi connectivity index (χ3v) is 4.73. The molecule has 2 aromatic carbocycles. The lowest BCUT2D eigenvalue weighted by Crippen LogP contribution is -2.35. The van der Waals surface area contributed by atoms with E-state index in [9.17, 15) is 4.79 Å². The molecule has 134 valence electrons. The SMILES string of the molecule is Cc1ccc(COC(=O)[C@H](CC(C)C)NSCc2ccccc2)cc1.